The number of aromatic nitrogens is 1. The largest absolute Gasteiger partial charge is 0.490 e. The van der Waals surface area contributed by atoms with Gasteiger partial charge in [-0.15, -0.1) is 0 Å². The zero-order chi connectivity index (χ0) is 16.9. The van der Waals surface area contributed by atoms with Gasteiger partial charge in [0.2, 0.25) is 0 Å². The molecule has 1 saturated heterocycles. The van der Waals surface area contributed by atoms with Gasteiger partial charge < -0.3 is 15.3 Å². The highest BCUT2D eigenvalue weighted by Crippen LogP contribution is 2.19. The SMILES string of the molecule is O=C(O)C(F)(F)F.c1ccc2cc(N3CCNCC3)ncc2c1. The van der Waals surface area contributed by atoms with Gasteiger partial charge in [-0.1, -0.05) is 24.3 Å². The molecule has 0 bridgehead atoms. The van der Waals surface area contributed by atoms with Gasteiger partial charge in [-0.3, -0.25) is 0 Å². The van der Waals surface area contributed by atoms with Crippen molar-refractivity contribution >= 4 is 22.6 Å². The molecule has 2 N–H and O–H groups in total. The fourth-order valence-corrected chi connectivity index (χ4v) is 2.14. The number of pyridine rings is 1. The lowest BCUT2D eigenvalue weighted by Crippen LogP contribution is -2.43. The van der Waals surface area contributed by atoms with E-state index in [0.717, 1.165) is 32.0 Å². The van der Waals surface area contributed by atoms with E-state index in [0.29, 0.717) is 0 Å². The molecule has 1 aromatic heterocycles. The number of piperazine rings is 1. The second-order valence-corrected chi connectivity index (χ2v) is 4.93. The van der Waals surface area contributed by atoms with Crippen molar-refractivity contribution in [3.05, 3.63) is 36.5 Å². The van der Waals surface area contributed by atoms with E-state index in [-0.39, 0.29) is 0 Å². The molecule has 1 aliphatic rings. The van der Waals surface area contributed by atoms with E-state index in [2.05, 4.69) is 45.5 Å². The molecule has 124 valence electrons. The van der Waals surface area contributed by atoms with Crippen molar-refractivity contribution in [1.29, 1.82) is 0 Å². The molecule has 0 atom stereocenters. The number of rotatable bonds is 1. The van der Waals surface area contributed by atoms with Crippen molar-refractivity contribution in [1.82, 2.24) is 10.3 Å². The Labute approximate surface area is 130 Å². The summed E-state index contributed by atoms with van der Waals surface area (Å²) in [5, 5.41) is 13.0. The minimum absolute atomic E-state index is 1.05. The Bertz CT molecular complexity index is 670. The van der Waals surface area contributed by atoms with Crippen LogP contribution >= 0.6 is 0 Å². The Hall–Kier alpha value is -2.35. The van der Waals surface area contributed by atoms with Crippen LogP contribution in [-0.2, 0) is 4.79 Å². The van der Waals surface area contributed by atoms with Crippen LogP contribution in [-0.4, -0.2) is 48.4 Å². The standard InChI is InChI=1S/C13H15N3.C2HF3O2/c1-2-4-12-10-15-13(9-11(12)3-1)16-7-5-14-6-8-16;3-2(4,5)1(6)7/h1-4,9-10,14H,5-8H2;(H,6,7). The van der Waals surface area contributed by atoms with Gasteiger partial charge in [0.15, 0.2) is 0 Å². The van der Waals surface area contributed by atoms with Crippen LogP contribution in [0.2, 0.25) is 0 Å². The van der Waals surface area contributed by atoms with Crippen LogP contribution in [0.5, 0.6) is 0 Å². The van der Waals surface area contributed by atoms with Crippen LogP contribution in [0.25, 0.3) is 10.8 Å². The van der Waals surface area contributed by atoms with E-state index >= 15 is 0 Å². The average molecular weight is 327 g/mol. The second-order valence-electron chi connectivity index (χ2n) is 4.93. The summed E-state index contributed by atoms with van der Waals surface area (Å²) in [7, 11) is 0. The van der Waals surface area contributed by atoms with Crippen molar-refractivity contribution in [3.8, 4) is 0 Å². The lowest BCUT2D eigenvalue weighted by Gasteiger charge is -2.28. The van der Waals surface area contributed by atoms with Gasteiger partial charge >= 0.3 is 12.1 Å². The maximum atomic E-state index is 10.6. The van der Waals surface area contributed by atoms with Crippen molar-refractivity contribution in [2.45, 2.75) is 6.18 Å². The van der Waals surface area contributed by atoms with Gasteiger partial charge in [0.05, 0.1) is 0 Å². The number of anilines is 1. The number of alkyl halides is 3. The Balaban J connectivity index is 0.000000236. The summed E-state index contributed by atoms with van der Waals surface area (Å²) in [4.78, 5) is 15.8. The average Bonchev–Trinajstić information content (AvgIpc) is 2.55. The monoisotopic (exact) mass is 327 g/mol. The van der Waals surface area contributed by atoms with Gasteiger partial charge in [-0.25, -0.2) is 9.78 Å². The van der Waals surface area contributed by atoms with Gasteiger partial charge in [0.25, 0.3) is 0 Å². The summed E-state index contributed by atoms with van der Waals surface area (Å²) < 4.78 is 31.7. The van der Waals surface area contributed by atoms with E-state index in [1.807, 2.05) is 6.20 Å². The summed E-state index contributed by atoms with van der Waals surface area (Å²) in [6.45, 7) is 4.19. The molecule has 8 heteroatoms. The van der Waals surface area contributed by atoms with Crippen LogP contribution in [0.4, 0.5) is 19.0 Å². The molecule has 2 heterocycles. The van der Waals surface area contributed by atoms with Crippen LogP contribution in [0.15, 0.2) is 36.5 Å². The molecule has 5 nitrogen and oxygen atoms in total. The summed E-state index contributed by atoms with van der Waals surface area (Å²) in [6, 6.07) is 10.5. The number of benzene rings is 1. The summed E-state index contributed by atoms with van der Waals surface area (Å²) in [6.07, 6.45) is -3.12. The Kier molecular flexibility index (Phi) is 5.38. The van der Waals surface area contributed by atoms with Gasteiger partial charge in [-0.05, 0) is 11.5 Å². The predicted octanol–water partition coefficient (Wildman–Crippen LogP) is 2.28. The third-order valence-corrected chi connectivity index (χ3v) is 3.30. The van der Waals surface area contributed by atoms with Gasteiger partial charge in [0, 0.05) is 37.8 Å². The van der Waals surface area contributed by atoms with Crippen molar-refractivity contribution in [3.63, 3.8) is 0 Å². The zero-order valence-electron chi connectivity index (χ0n) is 12.2. The maximum Gasteiger partial charge on any atom is 0.490 e. The van der Waals surface area contributed by atoms with E-state index in [1.54, 1.807) is 0 Å². The van der Waals surface area contributed by atoms with Gasteiger partial charge in [0.1, 0.15) is 5.82 Å². The first kappa shape index (κ1) is 17.0. The second kappa shape index (κ2) is 7.28. The molecule has 0 aliphatic carbocycles. The number of aliphatic carboxylic acids is 1. The first-order valence-corrected chi connectivity index (χ1v) is 6.98. The highest BCUT2D eigenvalue weighted by molar-refractivity contribution is 5.83. The van der Waals surface area contributed by atoms with E-state index in [1.165, 1.54) is 10.8 Å². The van der Waals surface area contributed by atoms with Gasteiger partial charge in [-0.2, -0.15) is 13.2 Å². The molecular formula is C15H16F3N3O2. The first-order valence-electron chi connectivity index (χ1n) is 6.98. The molecular weight excluding hydrogens is 311 g/mol. The number of nitrogens with zero attached hydrogens (tertiary/aromatic N) is 2. The fraction of sp³-hybridized carbons (Fsp3) is 0.333. The molecule has 0 radical (unpaired) electrons. The molecule has 1 aliphatic heterocycles. The number of fused-ring (bicyclic) bond motifs is 1. The third kappa shape index (κ3) is 4.82. The molecule has 0 unspecified atom stereocenters. The normalized spacial score (nSPS) is 15.0. The van der Waals surface area contributed by atoms with Crippen molar-refractivity contribution in [2.75, 3.05) is 31.1 Å². The number of carbonyl (C=O) groups is 1. The highest BCUT2D eigenvalue weighted by Gasteiger charge is 2.38. The Morgan fingerprint density at radius 3 is 2.30 bits per heavy atom. The topological polar surface area (TPSA) is 65.5 Å². The summed E-state index contributed by atoms with van der Waals surface area (Å²) >= 11 is 0. The van der Waals surface area contributed by atoms with Crippen LogP contribution in [0, 0.1) is 0 Å². The molecule has 0 saturated carbocycles. The summed E-state index contributed by atoms with van der Waals surface area (Å²) in [5.41, 5.74) is 0. The number of nitrogens with one attached hydrogen (secondary N) is 1. The quantitative estimate of drug-likeness (QED) is 0.841. The zero-order valence-corrected chi connectivity index (χ0v) is 12.2. The highest BCUT2D eigenvalue weighted by atomic mass is 19.4. The van der Waals surface area contributed by atoms with Crippen LogP contribution in [0.1, 0.15) is 0 Å². The molecule has 3 rings (SSSR count). The number of carboxylic acids is 1. The van der Waals surface area contributed by atoms with Crippen LogP contribution < -0.4 is 10.2 Å². The molecule has 0 amide bonds. The first-order chi connectivity index (χ1) is 10.9. The van der Waals surface area contributed by atoms with Crippen LogP contribution in [0.3, 0.4) is 0 Å². The lowest BCUT2D eigenvalue weighted by atomic mass is 10.2. The third-order valence-electron chi connectivity index (χ3n) is 3.30. The number of carboxylic acid groups (broad SMARTS) is 1. The van der Waals surface area contributed by atoms with E-state index < -0.39 is 12.1 Å². The minimum Gasteiger partial charge on any atom is -0.475 e. The molecule has 1 aromatic carbocycles. The van der Waals surface area contributed by atoms with Crippen molar-refractivity contribution in [2.24, 2.45) is 0 Å². The summed E-state index contributed by atoms with van der Waals surface area (Å²) in [5.74, 6) is -1.66. The smallest absolute Gasteiger partial charge is 0.475 e. The molecule has 23 heavy (non-hydrogen) atoms. The molecule has 1 fully saturated rings. The molecule has 2 aromatic rings. The Morgan fingerprint density at radius 2 is 1.74 bits per heavy atom. The fourth-order valence-electron chi connectivity index (χ4n) is 2.14. The predicted molar refractivity (Wildman–Crippen MR) is 80.5 cm³/mol. The van der Waals surface area contributed by atoms with E-state index in [4.69, 9.17) is 9.90 Å². The Morgan fingerprint density at radius 1 is 1.17 bits per heavy atom. The number of hydrogen-bond acceptors (Lipinski definition) is 4. The number of hydrogen-bond donors (Lipinski definition) is 2. The van der Waals surface area contributed by atoms with E-state index in [9.17, 15) is 13.2 Å². The maximum absolute atomic E-state index is 10.6. The van der Waals surface area contributed by atoms with Crippen molar-refractivity contribution < 1.29 is 23.1 Å². The lowest BCUT2D eigenvalue weighted by molar-refractivity contribution is -0.192. The minimum atomic E-state index is -5.08. The molecule has 0 spiro atoms. The number of halogens is 3.